The van der Waals surface area contributed by atoms with E-state index in [1.807, 2.05) is 23.1 Å². The summed E-state index contributed by atoms with van der Waals surface area (Å²) in [6.45, 7) is 1.73. The lowest BCUT2D eigenvalue weighted by molar-refractivity contribution is -0.133. The maximum atomic E-state index is 12.6. The third-order valence-corrected chi connectivity index (χ3v) is 4.32. The third-order valence-electron chi connectivity index (χ3n) is 4.32. The van der Waals surface area contributed by atoms with Crippen LogP contribution < -0.4 is 0 Å². The Bertz CT molecular complexity index is 439. The van der Waals surface area contributed by atoms with Gasteiger partial charge in [0.15, 0.2) is 0 Å². The molecule has 18 heavy (non-hydrogen) atoms. The molecule has 1 aliphatic carbocycles. The van der Waals surface area contributed by atoms with Crippen molar-refractivity contribution in [2.24, 2.45) is 5.92 Å². The van der Waals surface area contributed by atoms with E-state index in [9.17, 15) is 4.79 Å². The van der Waals surface area contributed by atoms with Crippen molar-refractivity contribution in [1.82, 2.24) is 4.90 Å². The molecule has 1 aliphatic heterocycles. The average Bonchev–Trinajstić information content (AvgIpc) is 3.10. The third kappa shape index (κ3) is 1.83. The fourth-order valence-corrected chi connectivity index (χ4v) is 2.98. The van der Waals surface area contributed by atoms with Crippen molar-refractivity contribution in [3.05, 3.63) is 35.9 Å². The molecule has 1 aromatic carbocycles. The van der Waals surface area contributed by atoms with Crippen LogP contribution in [0.4, 0.5) is 0 Å². The van der Waals surface area contributed by atoms with Crippen LogP contribution in [0.3, 0.4) is 0 Å². The van der Waals surface area contributed by atoms with Crippen molar-refractivity contribution < 1.29 is 9.90 Å². The molecule has 1 unspecified atom stereocenters. The van der Waals surface area contributed by atoms with E-state index in [1.54, 1.807) is 0 Å². The van der Waals surface area contributed by atoms with Gasteiger partial charge in [-0.15, -0.1) is 0 Å². The first-order valence-corrected chi connectivity index (χ1v) is 6.72. The van der Waals surface area contributed by atoms with Crippen LogP contribution >= 0.6 is 0 Å². The van der Waals surface area contributed by atoms with Gasteiger partial charge in [-0.05, 0) is 24.8 Å². The number of benzene rings is 1. The normalized spacial score (nSPS) is 25.2. The van der Waals surface area contributed by atoms with Crippen LogP contribution in [0.5, 0.6) is 0 Å². The molecule has 2 fully saturated rings. The molecule has 1 amide bonds. The lowest BCUT2D eigenvalue weighted by Gasteiger charge is -2.23. The minimum atomic E-state index is -0.244. The Hall–Kier alpha value is -1.35. The van der Waals surface area contributed by atoms with E-state index in [4.69, 9.17) is 5.11 Å². The van der Waals surface area contributed by atoms with Crippen molar-refractivity contribution in [3.8, 4) is 0 Å². The molecular formula is C15H19NO2. The minimum Gasteiger partial charge on any atom is -0.396 e. The molecule has 1 atom stereocenters. The molecule has 96 valence electrons. The molecule has 1 N–H and O–H groups in total. The summed E-state index contributed by atoms with van der Waals surface area (Å²) in [5.41, 5.74) is 0.911. The first-order chi connectivity index (χ1) is 8.76. The highest BCUT2D eigenvalue weighted by molar-refractivity contribution is 5.91. The van der Waals surface area contributed by atoms with Crippen LogP contribution in [-0.2, 0) is 10.2 Å². The number of hydrogen-bond donors (Lipinski definition) is 1. The van der Waals surface area contributed by atoms with Crippen LogP contribution in [-0.4, -0.2) is 35.6 Å². The largest absolute Gasteiger partial charge is 0.396 e. The number of nitrogens with zero attached hydrogens (tertiary/aromatic N) is 1. The summed E-state index contributed by atoms with van der Waals surface area (Å²) in [7, 11) is 0. The number of hydrogen-bond acceptors (Lipinski definition) is 2. The molecule has 2 aliphatic rings. The van der Waals surface area contributed by atoms with E-state index < -0.39 is 0 Å². The zero-order chi connectivity index (χ0) is 12.6. The highest BCUT2D eigenvalue weighted by Crippen LogP contribution is 2.50. The molecule has 3 heteroatoms. The first kappa shape index (κ1) is 11.7. The molecule has 0 radical (unpaired) electrons. The first-order valence-electron chi connectivity index (χ1n) is 6.72. The van der Waals surface area contributed by atoms with Gasteiger partial charge in [0, 0.05) is 25.6 Å². The number of likely N-dealkylation sites (tertiary alicyclic amines) is 1. The molecule has 0 aromatic heterocycles. The van der Waals surface area contributed by atoms with Crippen molar-refractivity contribution >= 4 is 5.91 Å². The van der Waals surface area contributed by atoms with Gasteiger partial charge in [0.1, 0.15) is 0 Å². The number of carbonyl (C=O) groups excluding carboxylic acids is 1. The smallest absolute Gasteiger partial charge is 0.233 e. The van der Waals surface area contributed by atoms with E-state index in [-0.39, 0.29) is 23.8 Å². The Morgan fingerprint density at radius 2 is 2.06 bits per heavy atom. The Morgan fingerprint density at radius 3 is 2.61 bits per heavy atom. The second-order valence-corrected chi connectivity index (χ2v) is 5.54. The van der Waals surface area contributed by atoms with Gasteiger partial charge in [0.05, 0.1) is 5.41 Å². The summed E-state index contributed by atoms with van der Waals surface area (Å²) in [5, 5.41) is 9.16. The van der Waals surface area contributed by atoms with Gasteiger partial charge in [-0.3, -0.25) is 4.79 Å². The summed E-state index contributed by atoms with van der Waals surface area (Å²) >= 11 is 0. The van der Waals surface area contributed by atoms with Crippen molar-refractivity contribution in [1.29, 1.82) is 0 Å². The Balaban J connectivity index is 1.77. The zero-order valence-electron chi connectivity index (χ0n) is 10.5. The van der Waals surface area contributed by atoms with E-state index in [2.05, 4.69) is 12.1 Å². The van der Waals surface area contributed by atoms with Crippen LogP contribution in [0.1, 0.15) is 24.8 Å². The average molecular weight is 245 g/mol. The standard InChI is InChI=1S/C15H19NO2/c17-11-12-6-9-16(10-12)14(18)15(7-8-15)13-4-2-1-3-5-13/h1-5,12,17H,6-11H2. The maximum absolute atomic E-state index is 12.6. The van der Waals surface area contributed by atoms with Gasteiger partial charge in [-0.2, -0.15) is 0 Å². The minimum absolute atomic E-state index is 0.197. The van der Waals surface area contributed by atoms with Gasteiger partial charge in [0.25, 0.3) is 0 Å². The highest BCUT2D eigenvalue weighted by Gasteiger charge is 2.53. The fraction of sp³-hybridized carbons (Fsp3) is 0.533. The summed E-state index contributed by atoms with van der Waals surface area (Å²) in [5.74, 6) is 0.546. The number of amides is 1. The van der Waals surface area contributed by atoms with Crippen LogP contribution in [0.15, 0.2) is 30.3 Å². The molecule has 1 heterocycles. The van der Waals surface area contributed by atoms with Gasteiger partial charge >= 0.3 is 0 Å². The predicted molar refractivity (Wildman–Crippen MR) is 69.1 cm³/mol. The Kier molecular flexibility index (Phi) is 2.86. The Morgan fingerprint density at radius 1 is 1.33 bits per heavy atom. The topological polar surface area (TPSA) is 40.5 Å². The Labute approximate surface area is 107 Å². The van der Waals surface area contributed by atoms with Gasteiger partial charge < -0.3 is 10.0 Å². The second-order valence-electron chi connectivity index (χ2n) is 5.54. The van der Waals surface area contributed by atoms with E-state index in [0.29, 0.717) is 0 Å². The molecule has 0 spiro atoms. The van der Waals surface area contributed by atoms with Crippen molar-refractivity contribution in [2.75, 3.05) is 19.7 Å². The molecule has 0 bridgehead atoms. The molecule has 1 saturated heterocycles. The highest BCUT2D eigenvalue weighted by atomic mass is 16.3. The lowest BCUT2D eigenvalue weighted by Crippen LogP contribution is -2.38. The predicted octanol–water partition coefficient (Wildman–Crippen LogP) is 1.56. The summed E-state index contributed by atoms with van der Waals surface area (Å²) in [6.07, 6.45) is 2.87. The summed E-state index contributed by atoms with van der Waals surface area (Å²) < 4.78 is 0. The number of carbonyl (C=O) groups is 1. The van der Waals surface area contributed by atoms with Crippen LogP contribution in [0.25, 0.3) is 0 Å². The van der Waals surface area contributed by atoms with E-state index in [0.717, 1.165) is 37.9 Å². The van der Waals surface area contributed by atoms with Gasteiger partial charge in [-0.1, -0.05) is 30.3 Å². The SMILES string of the molecule is O=C(N1CCC(CO)C1)C1(c2ccccc2)CC1. The molecular weight excluding hydrogens is 226 g/mol. The van der Waals surface area contributed by atoms with Crippen LogP contribution in [0, 0.1) is 5.92 Å². The fourth-order valence-electron chi connectivity index (χ4n) is 2.98. The number of aliphatic hydroxyl groups is 1. The number of rotatable bonds is 3. The molecule has 1 aromatic rings. The quantitative estimate of drug-likeness (QED) is 0.878. The van der Waals surface area contributed by atoms with Gasteiger partial charge in [0.2, 0.25) is 5.91 Å². The zero-order valence-corrected chi connectivity index (χ0v) is 10.5. The second kappa shape index (κ2) is 4.39. The summed E-state index contributed by atoms with van der Waals surface area (Å²) in [6, 6.07) is 10.1. The lowest BCUT2D eigenvalue weighted by atomic mass is 9.94. The monoisotopic (exact) mass is 245 g/mol. The van der Waals surface area contributed by atoms with Crippen molar-refractivity contribution in [3.63, 3.8) is 0 Å². The van der Waals surface area contributed by atoms with E-state index >= 15 is 0 Å². The van der Waals surface area contributed by atoms with Crippen molar-refractivity contribution in [2.45, 2.75) is 24.7 Å². The van der Waals surface area contributed by atoms with Gasteiger partial charge in [-0.25, -0.2) is 0 Å². The number of aliphatic hydroxyl groups excluding tert-OH is 1. The van der Waals surface area contributed by atoms with E-state index in [1.165, 1.54) is 0 Å². The molecule has 1 saturated carbocycles. The molecule has 3 nitrogen and oxygen atoms in total. The maximum Gasteiger partial charge on any atom is 0.233 e. The molecule has 3 rings (SSSR count). The van der Waals surface area contributed by atoms with Crippen LogP contribution in [0.2, 0.25) is 0 Å². The summed E-state index contributed by atoms with van der Waals surface area (Å²) in [4.78, 5) is 14.6.